The first-order valence-corrected chi connectivity index (χ1v) is 13.8. The van der Waals surface area contributed by atoms with Gasteiger partial charge in [-0.15, -0.1) is 0 Å². The maximum atomic E-state index is 13.0. The van der Waals surface area contributed by atoms with Crippen molar-refractivity contribution < 1.29 is 35.9 Å². The Morgan fingerprint density at radius 1 is 1.06 bits per heavy atom. The minimum atomic E-state index is -4.35. The lowest BCUT2D eigenvalue weighted by Crippen LogP contribution is -2.49. The summed E-state index contributed by atoms with van der Waals surface area (Å²) >= 11 is 0. The van der Waals surface area contributed by atoms with E-state index in [4.69, 9.17) is 9.47 Å². The molecule has 0 N–H and O–H groups in total. The molecule has 0 bridgehead atoms. The van der Waals surface area contributed by atoms with Gasteiger partial charge in [0.15, 0.2) is 9.84 Å². The Morgan fingerprint density at radius 2 is 1.67 bits per heavy atom. The minimum absolute atomic E-state index is 0.0513. The van der Waals surface area contributed by atoms with Crippen LogP contribution in [0.2, 0.25) is 0 Å². The van der Waals surface area contributed by atoms with Crippen LogP contribution in [-0.4, -0.2) is 63.6 Å². The van der Waals surface area contributed by atoms with Crippen LogP contribution in [0.4, 0.5) is 13.2 Å². The third-order valence-electron chi connectivity index (χ3n) is 7.03. The summed E-state index contributed by atoms with van der Waals surface area (Å²) in [6.45, 7) is 3.38. The maximum absolute atomic E-state index is 13.0. The standard InChI is InChI=1S/C26H30F3NO5S/c1-2-36(32,33)16-15-35-25(17-34-18-25)22-7-5-21(6-8-22)24(31)30-13-11-20(12-14-30)19-3-9-23(10-4-19)26(27,28)29/h3-10,20H,2,11-18H2,1H3. The summed E-state index contributed by atoms with van der Waals surface area (Å²) in [5.74, 6) is 0.0369. The summed E-state index contributed by atoms with van der Waals surface area (Å²) in [6.07, 6.45) is -2.98. The number of hydrogen-bond donors (Lipinski definition) is 0. The predicted octanol–water partition coefficient (Wildman–Crippen LogP) is 4.40. The van der Waals surface area contributed by atoms with Crippen LogP contribution >= 0.6 is 0 Å². The number of ether oxygens (including phenoxy) is 2. The van der Waals surface area contributed by atoms with Crippen molar-refractivity contribution in [3.63, 3.8) is 0 Å². The van der Waals surface area contributed by atoms with Gasteiger partial charge in [0.1, 0.15) is 5.60 Å². The molecule has 2 heterocycles. The topological polar surface area (TPSA) is 72.9 Å². The van der Waals surface area contributed by atoms with E-state index in [1.165, 1.54) is 12.1 Å². The number of carbonyl (C=O) groups is 1. The number of piperidine rings is 1. The Balaban J connectivity index is 1.33. The normalized spacial score (nSPS) is 18.6. The maximum Gasteiger partial charge on any atom is 0.416 e. The second-order valence-corrected chi connectivity index (χ2v) is 11.8. The number of alkyl halides is 3. The molecule has 6 nitrogen and oxygen atoms in total. The van der Waals surface area contributed by atoms with Crippen molar-refractivity contribution in [2.24, 2.45) is 0 Å². The van der Waals surface area contributed by atoms with Crippen LogP contribution in [-0.2, 0) is 31.1 Å². The summed E-state index contributed by atoms with van der Waals surface area (Å²) in [4.78, 5) is 14.8. The Morgan fingerprint density at radius 3 is 2.17 bits per heavy atom. The largest absolute Gasteiger partial charge is 0.416 e. The van der Waals surface area contributed by atoms with E-state index >= 15 is 0 Å². The van der Waals surface area contributed by atoms with Crippen molar-refractivity contribution in [2.75, 3.05) is 44.4 Å². The SMILES string of the molecule is CCS(=O)(=O)CCOC1(c2ccc(C(=O)N3CCC(c4ccc(C(F)(F)F)cc4)CC3)cc2)COC1. The van der Waals surface area contributed by atoms with E-state index in [-0.39, 0.29) is 29.9 Å². The highest BCUT2D eigenvalue weighted by Crippen LogP contribution is 2.35. The monoisotopic (exact) mass is 525 g/mol. The molecule has 2 aromatic carbocycles. The van der Waals surface area contributed by atoms with E-state index in [2.05, 4.69) is 0 Å². The number of likely N-dealkylation sites (tertiary alicyclic amines) is 1. The molecule has 2 saturated heterocycles. The van der Waals surface area contributed by atoms with Crippen LogP contribution in [0.1, 0.15) is 52.7 Å². The number of amides is 1. The lowest BCUT2D eigenvalue weighted by atomic mass is 9.88. The lowest BCUT2D eigenvalue weighted by molar-refractivity contribution is -0.214. The third-order valence-corrected chi connectivity index (χ3v) is 8.70. The molecular weight excluding hydrogens is 495 g/mol. The van der Waals surface area contributed by atoms with Crippen molar-refractivity contribution >= 4 is 15.7 Å². The van der Waals surface area contributed by atoms with Crippen LogP contribution in [0, 0.1) is 0 Å². The molecule has 0 unspecified atom stereocenters. The van der Waals surface area contributed by atoms with Crippen molar-refractivity contribution in [3.05, 3.63) is 70.8 Å². The second kappa shape index (κ2) is 10.5. The quantitative estimate of drug-likeness (QED) is 0.511. The first-order valence-electron chi connectivity index (χ1n) is 12.0. The van der Waals surface area contributed by atoms with Gasteiger partial charge >= 0.3 is 6.18 Å². The van der Waals surface area contributed by atoms with E-state index < -0.39 is 27.2 Å². The number of sulfone groups is 1. The molecule has 0 aliphatic carbocycles. The van der Waals surface area contributed by atoms with E-state index in [0.29, 0.717) is 44.7 Å². The molecule has 1 amide bonds. The average molecular weight is 526 g/mol. The Bertz CT molecular complexity index is 1150. The van der Waals surface area contributed by atoms with Crippen LogP contribution < -0.4 is 0 Å². The molecule has 0 atom stereocenters. The highest BCUT2D eigenvalue weighted by atomic mass is 32.2. The van der Waals surface area contributed by atoms with Crippen LogP contribution in [0.5, 0.6) is 0 Å². The summed E-state index contributed by atoms with van der Waals surface area (Å²) in [5, 5.41) is 0. The fourth-order valence-corrected chi connectivity index (χ4v) is 5.21. The van der Waals surface area contributed by atoms with E-state index in [1.807, 2.05) is 12.1 Å². The molecule has 0 saturated carbocycles. The van der Waals surface area contributed by atoms with Gasteiger partial charge in [0.2, 0.25) is 0 Å². The zero-order chi connectivity index (χ0) is 26.0. The first-order chi connectivity index (χ1) is 17.0. The number of hydrogen-bond acceptors (Lipinski definition) is 5. The molecule has 196 valence electrons. The molecule has 10 heteroatoms. The molecule has 4 rings (SSSR count). The van der Waals surface area contributed by atoms with E-state index in [9.17, 15) is 26.4 Å². The fraction of sp³-hybridized carbons (Fsp3) is 0.500. The molecule has 2 fully saturated rings. The van der Waals surface area contributed by atoms with Gasteiger partial charge in [0.25, 0.3) is 5.91 Å². The molecule has 2 aromatic rings. The first kappa shape index (κ1) is 26.6. The average Bonchev–Trinajstić information content (AvgIpc) is 2.85. The number of rotatable bonds is 8. The van der Waals surface area contributed by atoms with Crippen molar-refractivity contribution in [1.82, 2.24) is 4.90 Å². The summed E-state index contributed by atoms with van der Waals surface area (Å²) < 4.78 is 73.2. The second-order valence-electron chi connectivity index (χ2n) is 9.34. The van der Waals surface area contributed by atoms with Crippen LogP contribution in [0.3, 0.4) is 0 Å². The van der Waals surface area contributed by atoms with Crippen molar-refractivity contribution in [3.8, 4) is 0 Å². The third kappa shape index (κ3) is 5.92. The highest BCUT2D eigenvalue weighted by Gasteiger charge is 2.42. The smallest absolute Gasteiger partial charge is 0.375 e. The lowest BCUT2D eigenvalue weighted by Gasteiger charge is -2.41. The predicted molar refractivity (Wildman–Crippen MR) is 129 cm³/mol. The van der Waals surface area contributed by atoms with Crippen LogP contribution in [0.25, 0.3) is 0 Å². The molecule has 36 heavy (non-hydrogen) atoms. The minimum Gasteiger partial charge on any atom is -0.375 e. The highest BCUT2D eigenvalue weighted by molar-refractivity contribution is 7.91. The van der Waals surface area contributed by atoms with Gasteiger partial charge in [-0.05, 0) is 54.2 Å². The molecule has 2 aliphatic rings. The summed E-state index contributed by atoms with van der Waals surface area (Å²) in [6, 6.07) is 12.4. The van der Waals surface area contributed by atoms with Crippen LogP contribution in [0.15, 0.2) is 48.5 Å². The molecular formula is C26H30F3NO5S. The van der Waals surface area contributed by atoms with Gasteiger partial charge in [-0.25, -0.2) is 8.42 Å². The van der Waals surface area contributed by atoms with Gasteiger partial charge < -0.3 is 14.4 Å². The van der Waals surface area contributed by atoms with Crippen molar-refractivity contribution in [1.29, 1.82) is 0 Å². The molecule has 0 aromatic heterocycles. The van der Waals surface area contributed by atoms with Crippen molar-refractivity contribution in [2.45, 2.75) is 37.5 Å². The summed E-state index contributed by atoms with van der Waals surface area (Å²) in [5.41, 5.74) is 0.870. The van der Waals surface area contributed by atoms with Gasteiger partial charge in [-0.1, -0.05) is 31.2 Å². The molecule has 0 spiro atoms. The number of benzene rings is 2. The Labute approximate surface area is 209 Å². The van der Waals surface area contributed by atoms with E-state index in [0.717, 1.165) is 23.3 Å². The Kier molecular flexibility index (Phi) is 7.78. The fourth-order valence-electron chi connectivity index (χ4n) is 4.59. The number of carbonyl (C=O) groups excluding carboxylic acids is 1. The summed E-state index contributed by atoms with van der Waals surface area (Å²) in [7, 11) is -3.13. The van der Waals surface area contributed by atoms with E-state index in [1.54, 1.807) is 24.0 Å². The molecule has 2 aliphatic heterocycles. The number of nitrogens with zero attached hydrogens (tertiary/aromatic N) is 1. The van der Waals surface area contributed by atoms with Gasteiger partial charge in [0.05, 0.1) is 31.1 Å². The van der Waals surface area contributed by atoms with Gasteiger partial charge in [-0.2, -0.15) is 13.2 Å². The Hall–Kier alpha value is -2.43. The number of halogens is 3. The zero-order valence-corrected chi connectivity index (χ0v) is 20.9. The molecule has 0 radical (unpaired) electrons. The van der Waals surface area contributed by atoms with Gasteiger partial charge in [0, 0.05) is 24.4 Å². The zero-order valence-electron chi connectivity index (χ0n) is 20.1. The van der Waals surface area contributed by atoms with Gasteiger partial charge in [-0.3, -0.25) is 4.79 Å².